The van der Waals surface area contributed by atoms with E-state index in [1.54, 1.807) is 59.5 Å². The Hall–Kier alpha value is -3.74. The molecule has 1 atom stereocenters. The van der Waals surface area contributed by atoms with E-state index < -0.39 is 10.8 Å². The normalized spacial score (nSPS) is 14.6. The molecule has 5 rings (SSSR count). The van der Waals surface area contributed by atoms with Crippen LogP contribution < -0.4 is 10.2 Å². The SMILES string of the molecule is Cc1ccccc1NC(=O)c1ccc2c(c1)N(Cc1cccc(Cl)c1)C(=O)c1ccccc1S2=O. The summed E-state index contributed by atoms with van der Waals surface area (Å²) in [4.78, 5) is 29.3. The molecule has 4 aromatic rings. The van der Waals surface area contributed by atoms with Gasteiger partial charge in [-0.15, -0.1) is 0 Å². The Kier molecular flexibility index (Phi) is 6.24. The van der Waals surface area contributed by atoms with Crippen molar-refractivity contribution in [3.63, 3.8) is 0 Å². The lowest BCUT2D eigenvalue weighted by Gasteiger charge is -2.24. The summed E-state index contributed by atoms with van der Waals surface area (Å²) in [5.41, 5.74) is 3.62. The number of nitrogens with zero attached hydrogens (tertiary/aromatic N) is 1. The molecule has 0 spiro atoms. The second-order valence-electron chi connectivity index (χ2n) is 8.24. The lowest BCUT2D eigenvalue weighted by atomic mass is 10.1. The van der Waals surface area contributed by atoms with Gasteiger partial charge in [-0.25, -0.2) is 4.21 Å². The van der Waals surface area contributed by atoms with Crippen molar-refractivity contribution in [3.8, 4) is 0 Å². The van der Waals surface area contributed by atoms with Crippen LogP contribution in [0.15, 0.2) is 101 Å². The minimum absolute atomic E-state index is 0.209. The molecule has 1 unspecified atom stereocenters. The van der Waals surface area contributed by atoms with Crippen LogP contribution >= 0.6 is 11.6 Å². The van der Waals surface area contributed by atoms with Crippen LogP contribution in [-0.2, 0) is 17.3 Å². The molecule has 1 aliphatic rings. The first kappa shape index (κ1) is 23.0. The van der Waals surface area contributed by atoms with Gasteiger partial charge in [-0.05, 0) is 66.6 Å². The van der Waals surface area contributed by atoms with Gasteiger partial charge in [0, 0.05) is 16.3 Å². The van der Waals surface area contributed by atoms with Crippen molar-refractivity contribution in [2.75, 3.05) is 10.2 Å². The third-order valence-corrected chi connectivity index (χ3v) is 7.63. The molecule has 0 fully saturated rings. The minimum Gasteiger partial charge on any atom is -0.322 e. The van der Waals surface area contributed by atoms with Crippen LogP contribution in [0.5, 0.6) is 0 Å². The lowest BCUT2D eigenvalue weighted by molar-refractivity contribution is 0.0979. The van der Waals surface area contributed by atoms with Crippen molar-refractivity contribution in [1.29, 1.82) is 0 Å². The van der Waals surface area contributed by atoms with Crippen molar-refractivity contribution < 1.29 is 13.8 Å². The Morgan fingerprint density at radius 3 is 2.49 bits per heavy atom. The molecule has 0 aromatic heterocycles. The highest BCUT2D eigenvalue weighted by atomic mass is 35.5. The maximum atomic E-state index is 13.7. The molecule has 35 heavy (non-hydrogen) atoms. The highest BCUT2D eigenvalue weighted by Gasteiger charge is 2.31. The van der Waals surface area contributed by atoms with Crippen LogP contribution in [0.3, 0.4) is 0 Å². The largest absolute Gasteiger partial charge is 0.322 e. The number of aryl methyl sites for hydroxylation is 1. The lowest BCUT2D eigenvalue weighted by Crippen LogP contribution is -2.30. The molecule has 1 heterocycles. The van der Waals surface area contributed by atoms with Gasteiger partial charge < -0.3 is 10.2 Å². The Labute approximate surface area is 210 Å². The van der Waals surface area contributed by atoms with E-state index in [0.29, 0.717) is 37.3 Å². The second-order valence-corrected chi connectivity index (χ2v) is 10.1. The number of carbonyl (C=O) groups excluding carboxylic acids is 2. The Bertz CT molecular complexity index is 1500. The molecule has 4 aromatic carbocycles. The molecule has 5 nitrogen and oxygen atoms in total. The topological polar surface area (TPSA) is 66.5 Å². The quantitative estimate of drug-likeness (QED) is 0.361. The monoisotopic (exact) mass is 500 g/mol. The number of amides is 2. The number of halogens is 1. The average Bonchev–Trinajstić information content (AvgIpc) is 2.95. The van der Waals surface area contributed by atoms with Crippen LogP contribution in [0.2, 0.25) is 5.02 Å². The van der Waals surface area contributed by atoms with E-state index in [9.17, 15) is 13.8 Å². The summed E-state index contributed by atoms with van der Waals surface area (Å²) in [5.74, 6) is -0.603. The molecule has 0 saturated carbocycles. The third kappa shape index (κ3) is 4.50. The number of hydrogen-bond acceptors (Lipinski definition) is 3. The highest BCUT2D eigenvalue weighted by molar-refractivity contribution is 7.85. The number of para-hydroxylation sites is 1. The van der Waals surface area contributed by atoms with Crippen molar-refractivity contribution in [1.82, 2.24) is 0 Å². The summed E-state index contributed by atoms with van der Waals surface area (Å²) in [5, 5.41) is 3.48. The number of fused-ring (bicyclic) bond motifs is 2. The van der Waals surface area contributed by atoms with Crippen molar-refractivity contribution in [2.45, 2.75) is 23.3 Å². The third-order valence-electron chi connectivity index (χ3n) is 5.90. The first-order chi connectivity index (χ1) is 16.9. The summed E-state index contributed by atoms with van der Waals surface area (Å²) in [6, 6.07) is 26.6. The van der Waals surface area contributed by atoms with Crippen LogP contribution in [-0.4, -0.2) is 16.0 Å². The maximum Gasteiger partial charge on any atom is 0.259 e. The van der Waals surface area contributed by atoms with Crippen LogP contribution in [0.1, 0.15) is 31.8 Å². The predicted molar refractivity (Wildman–Crippen MR) is 139 cm³/mol. The summed E-state index contributed by atoms with van der Waals surface area (Å²) in [6.45, 7) is 2.12. The van der Waals surface area contributed by atoms with E-state index >= 15 is 0 Å². The molecule has 1 N–H and O–H groups in total. The molecular formula is C28H21ClN2O3S. The summed E-state index contributed by atoms with van der Waals surface area (Å²) >= 11 is 6.19. The summed E-state index contributed by atoms with van der Waals surface area (Å²) < 4.78 is 13.6. The van der Waals surface area contributed by atoms with Gasteiger partial charge in [-0.1, -0.05) is 54.1 Å². The Balaban J connectivity index is 1.61. The van der Waals surface area contributed by atoms with E-state index in [1.807, 2.05) is 43.3 Å². The van der Waals surface area contributed by atoms with E-state index in [4.69, 9.17) is 11.6 Å². The molecule has 0 aliphatic carbocycles. The molecular weight excluding hydrogens is 480 g/mol. The Morgan fingerprint density at radius 1 is 0.914 bits per heavy atom. The fourth-order valence-electron chi connectivity index (χ4n) is 4.09. The zero-order valence-corrected chi connectivity index (χ0v) is 20.4. The smallest absolute Gasteiger partial charge is 0.259 e. The van der Waals surface area contributed by atoms with Gasteiger partial charge >= 0.3 is 0 Å². The van der Waals surface area contributed by atoms with Crippen molar-refractivity contribution in [3.05, 3.63) is 118 Å². The predicted octanol–water partition coefficient (Wildman–Crippen LogP) is 6.23. The number of hydrogen-bond donors (Lipinski definition) is 1. The second kappa shape index (κ2) is 9.49. The molecule has 0 radical (unpaired) electrons. The number of rotatable bonds is 4. The van der Waals surface area contributed by atoms with Crippen LogP contribution in [0.4, 0.5) is 11.4 Å². The highest BCUT2D eigenvalue weighted by Crippen LogP contribution is 2.36. The van der Waals surface area contributed by atoms with Gasteiger partial charge in [0.25, 0.3) is 11.8 Å². The zero-order chi connectivity index (χ0) is 24.5. The van der Waals surface area contributed by atoms with Crippen LogP contribution in [0, 0.1) is 6.92 Å². The first-order valence-corrected chi connectivity index (χ1v) is 12.5. The van der Waals surface area contributed by atoms with Gasteiger partial charge in [0.1, 0.15) is 0 Å². The number of nitrogens with one attached hydrogen (secondary N) is 1. The van der Waals surface area contributed by atoms with Gasteiger partial charge in [0.15, 0.2) is 0 Å². The summed E-state index contributed by atoms with van der Waals surface area (Å²) in [7, 11) is -1.59. The van der Waals surface area contributed by atoms with E-state index in [-0.39, 0.29) is 18.4 Å². The van der Waals surface area contributed by atoms with Crippen molar-refractivity contribution in [2.24, 2.45) is 0 Å². The molecule has 2 amide bonds. The van der Waals surface area contributed by atoms with Gasteiger partial charge in [0.2, 0.25) is 0 Å². The average molecular weight is 501 g/mol. The van der Waals surface area contributed by atoms with Gasteiger partial charge in [0.05, 0.1) is 38.4 Å². The Morgan fingerprint density at radius 2 is 1.69 bits per heavy atom. The van der Waals surface area contributed by atoms with E-state index in [0.717, 1.165) is 11.1 Å². The van der Waals surface area contributed by atoms with Crippen molar-refractivity contribution >= 4 is 45.6 Å². The first-order valence-electron chi connectivity index (χ1n) is 11.0. The fourth-order valence-corrected chi connectivity index (χ4v) is 5.64. The summed E-state index contributed by atoms with van der Waals surface area (Å²) in [6.07, 6.45) is 0. The zero-order valence-electron chi connectivity index (χ0n) is 18.8. The molecule has 7 heteroatoms. The molecule has 174 valence electrons. The minimum atomic E-state index is -1.59. The van der Waals surface area contributed by atoms with Crippen LogP contribution in [0.25, 0.3) is 0 Å². The number of carbonyl (C=O) groups is 2. The molecule has 1 aliphatic heterocycles. The van der Waals surface area contributed by atoms with Gasteiger partial charge in [-0.3, -0.25) is 9.59 Å². The van der Waals surface area contributed by atoms with E-state index in [1.165, 1.54) is 0 Å². The number of benzene rings is 4. The van der Waals surface area contributed by atoms with E-state index in [2.05, 4.69) is 5.32 Å². The maximum absolute atomic E-state index is 13.7. The molecule has 0 bridgehead atoms. The fraction of sp³-hybridized carbons (Fsp3) is 0.0714. The molecule has 0 saturated heterocycles. The van der Waals surface area contributed by atoms with Gasteiger partial charge in [-0.2, -0.15) is 0 Å². The standard InChI is InChI=1S/C28H21ClN2O3S/c1-18-7-2-4-11-23(18)30-27(32)20-13-14-26-24(16-20)31(17-19-8-6-9-21(29)15-19)28(33)22-10-3-5-12-25(22)35(26)34/h2-16H,17H2,1H3,(H,30,32). The number of anilines is 2.